The van der Waals surface area contributed by atoms with Gasteiger partial charge >= 0.3 is 6.09 Å². The van der Waals surface area contributed by atoms with Crippen LogP contribution >= 0.6 is 12.2 Å². The molecule has 2 heterocycles. The minimum atomic E-state index is -0.541. The van der Waals surface area contributed by atoms with Gasteiger partial charge in [0.1, 0.15) is 17.7 Å². The summed E-state index contributed by atoms with van der Waals surface area (Å²) in [5.41, 5.74) is 6.84. The summed E-state index contributed by atoms with van der Waals surface area (Å²) in [6.45, 7) is 2.85. The van der Waals surface area contributed by atoms with E-state index in [1.54, 1.807) is 30.3 Å². The first-order valence-corrected chi connectivity index (χ1v) is 10.4. The maximum absolute atomic E-state index is 14.9. The molecule has 31 heavy (non-hydrogen) atoms. The van der Waals surface area contributed by atoms with Crippen molar-refractivity contribution < 1.29 is 18.3 Å². The second-order valence-corrected chi connectivity index (χ2v) is 7.86. The van der Waals surface area contributed by atoms with Crippen molar-refractivity contribution in [2.75, 3.05) is 54.0 Å². The third-order valence-corrected chi connectivity index (χ3v) is 5.58. The summed E-state index contributed by atoms with van der Waals surface area (Å²) >= 11 is 4.75. The molecule has 0 aromatic heterocycles. The molecule has 1 amide bonds. The van der Waals surface area contributed by atoms with Crippen LogP contribution in [0.3, 0.4) is 0 Å². The van der Waals surface area contributed by atoms with Crippen molar-refractivity contribution in [3.8, 4) is 0 Å². The van der Waals surface area contributed by atoms with Crippen LogP contribution in [0.1, 0.15) is 0 Å². The topological polar surface area (TPSA) is 74.1 Å². The van der Waals surface area contributed by atoms with E-state index in [1.807, 2.05) is 9.80 Å². The van der Waals surface area contributed by atoms with Gasteiger partial charge in [-0.15, -0.1) is 0 Å². The summed E-state index contributed by atoms with van der Waals surface area (Å²) in [5.74, 6) is -0.680. The number of rotatable bonds is 5. The van der Waals surface area contributed by atoms with Crippen LogP contribution in [0.15, 0.2) is 42.5 Å². The number of para-hydroxylation sites is 1. The van der Waals surface area contributed by atoms with E-state index in [9.17, 15) is 13.6 Å². The Balaban J connectivity index is 1.40. The highest BCUT2D eigenvalue weighted by atomic mass is 32.1. The highest BCUT2D eigenvalue weighted by molar-refractivity contribution is 7.80. The molecule has 2 aromatic rings. The smallest absolute Gasteiger partial charge is 0.414 e. The summed E-state index contributed by atoms with van der Waals surface area (Å²) in [5, 5.41) is 2.88. The standard InChI is InChI=1S/C21H23F2N5O2S/c22-16-3-1-2-4-18(16)26-7-9-27(10-8-26)19-6-5-14(11-17(19)23)28-13-15(30-21(28)29)12-25-20(24)31/h1-6,11,15H,7-10,12-13H2,(H3,24,25,31)/t15-/m0/s1. The van der Waals surface area contributed by atoms with E-state index in [-0.39, 0.29) is 17.5 Å². The zero-order valence-corrected chi connectivity index (χ0v) is 17.6. The molecule has 2 fully saturated rings. The highest BCUT2D eigenvalue weighted by Crippen LogP contribution is 2.29. The largest absolute Gasteiger partial charge is 0.442 e. The highest BCUT2D eigenvalue weighted by Gasteiger charge is 2.33. The van der Waals surface area contributed by atoms with Crippen LogP contribution in [0.5, 0.6) is 0 Å². The van der Waals surface area contributed by atoms with E-state index in [1.165, 1.54) is 17.0 Å². The number of ether oxygens (including phenoxy) is 1. The molecule has 10 heteroatoms. The zero-order chi connectivity index (χ0) is 22.0. The van der Waals surface area contributed by atoms with Crippen molar-refractivity contribution in [1.82, 2.24) is 5.32 Å². The number of amides is 1. The fraction of sp³-hybridized carbons (Fsp3) is 0.333. The van der Waals surface area contributed by atoms with Gasteiger partial charge in [-0.25, -0.2) is 13.6 Å². The van der Waals surface area contributed by atoms with E-state index in [2.05, 4.69) is 5.32 Å². The lowest BCUT2D eigenvalue weighted by atomic mass is 10.2. The first kappa shape index (κ1) is 21.1. The number of piperazine rings is 1. The molecule has 0 bridgehead atoms. The summed E-state index contributed by atoms with van der Waals surface area (Å²) in [6.07, 6.45) is -0.969. The second kappa shape index (κ2) is 8.93. The van der Waals surface area contributed by atoms with Gasteiger partial charge < -0.3 is 25.6 Å². The number of nitrogens with one attached hydrogen (secondary N) is 1. The number of hydrogen-bond donors (Lipinski definition) is 2. The predicted octanol–water partition coefficient (Wildman–Crippen LogP) is 2.45. The molecule has 0 aliphatic carbocycles. The number of nitrogens with two attached hydrogens (primary N) is 1. The number of carbonyl (C=O) groups excluding carboxylic acids is 1. The predicted molar refractivity (Wildman–Crippen MR) is 120 cm³/mol. The quantitative estimate of drug-likeness (QED) is 0.682. The lowest BCUT2D eigenvalue weighted by Gasteiger charge is -2.37. The third kappa shape index (κ3) is 4.63. The SMILES string of the molecule is NC(=S)NC[C@H]1CN(c2ccc(N3CCN(c4ccccc4F)CC3)c(F)c2)C(=O)O1. The summed E-state index contributed by atoms with van der Waals surface area (Å²) in [4.78, 5) is 17.4. The Morgan fingerprint density at radius 1 is 1.06 bits per heavy atom. The zero-order valence-electron chi connectivity index (χ0n) is 16.8. The van der Waals surface area contributed by atoms with Crippen LogP contribution in [0.4, 0.5) is 30.6 Å². The van der Waals surface area contributed by atoms with Gasteiger partial charge in [0.15, 0.2) is 5.11 Å². The molecule has 1 atom stereocenters. The minimum Gasteiger partial charge on any atom is -0.442 e. The molecule has 0 saturated carbocycles. The Morgan fingerprint density at radius 2 is 1.71 bits per heavy atom. The number of halogens is 2. The normalized spacial score (nSPS) is 18.8. The van der Waals surface area contributed by atoms with Gasteiger partial charge in [-0.1, -0.05) is 12.1 Å². The summed E-state index contributed by atoms with van der Waals surface area (Å²) in [6, 6.07) is 11.4. The average Bonchev–Trinajstić information content (AvgIpc) is 3.13. The summed E-state index contributed by atoms with van der Waals surface area (Å²) in [7, 11) is 0. The van der Waals surface area contributed by atoms with Gasteiger partial charge in [-0.05, 0) is 42.5 Å². The third-order valence-electron chi connectivity index (χ3n) is 5.43. The van der Waals surface area contributed by atoms with E-state index >= 15 is 0 Å². The second-order valence-electron chi connectivity index (χ2n) is 7.42. The van der Waals surface area contributed by atoms with Crippen LogP contribution in [0.25, 0.3) is 0 Å². The minimum absolute atomic E-state index is 0.125. The number of hydrogen-bond acceptors (Lipinski definition) is 5. The number of cyclic esters (lactones) is 1. The number of nitrogens with zero attached hydrogens (tertiary/aromatic N) is 3. The molecular formula is C21H23F2N5O2S. The maximum Gasteiger partial charge on any atom is 0.414 e. The molecule has 0 radical (unpaired) electrons. The van der Waals surface area contributed by atoms with Crippen LogP contribution < -0.4 is 25.8 Å². The lowest BCUT2D eigenvalue weighted by molar-refractivity contribution is 0.143. The van der Waals surface area contributed by atoms with Crippen molar-refractivity contribution in [3.63, 3.8) is 0 Å². The van der Waals surface area contributed by atoms with Gasteiger partial charge in [-0.2, -0.15) is 0 Å². The maximum atomic E-state index is 14.9. The van der Waals surface area contributed by atoms with E-state index in [4.69, 9.17) is 22.7 Å². The van der Waals surface area contributed by atoms with Crippen molar-refractivity contribution >= 4 is 40.5 Å². The Kier molecular flexibility index (Phi) is 6.08. The number of anilines is 3. The number of carbonyl (C=O) groups is 1. The molecule has 0 unspecified atom stereocenters. The first-order chi connectivity index (χ1) is 14.9. The van der Waals surface area contributed by atoms with E-state index < -0.39 is 18.0 Å². The monoisotopic (exact) mass is 447 g/mol. The van der Waals surface area contributed by atoms with Crippen LogP contribution in [-0.2, 0) is 4.74 Å². The molecule has 7 nitrogen and oxygen atoms in total. The molecule has 2 aromatic carbocycles. The molecule has 2 saturated heterocycles. The average molecular weight is 448 g/mol. The molecule has 164 valence electrons. The Labute approximate surface area is 184 Å². The number of thiocarbonyl (C=S) groups is 1. The molecule has 2 aliphatic heterocycles. The Bertz CT molecular complexity index is 984. The molecular weight excluding hydrogens is 424 g/mol. The van der Waals surface area contributed by atoms with Gasteiger partial charge in [0.2, 0.25) is 0 Å². The first-order valence-electron chi connectivity index (χ1n) is 9.98. The van der Waals surface area contributed by atoms with Crippen molar-refractivity contribution in [2.24, 2.45) is 5.73 Å². The van der Waals surface area contributed by atoms with Gasteiger partial charge in [0, 0.05) is 26.2 Å². The van der Waals surface area contributed by atoms with Crippen molar-refractivity contribution in [2.45, 2.75) is 6.10 Å². The van der Waals surface area contributed by atoms with E-state index in [0.29, 0.717) is 49.8 Å². The van der Waals surface area contributed by atoms with Crippen molar-refractivity contribution in [1.29, 1.82) is 0 Å². The van der Waals surface area contributed by atoms with Crippen molar-refractivity contribution in [3.05, 3.63) is 54.1 Å². The van der Waals surface area contributed by atoms with Gasteiger partial charge in [0.05, 0.1) is 30.2 Å². The Hall–Kier alpha value is -3.14. The van der Waals surface area contributed by atoms with Gasteiger partial charge in [-0.3, -0.25) is 4.90 Å². The fourth-order valence-corrected chi connectivity index (χ4v) is 3.95. The van der Waals surface area contributed by atoms with E-state index in [0.717, 1.165) is 0 Å². The van der Waals surface area contributed by atoms with Crippen LogP contribution in [0.2, 0.25) is 0 Å². The van der Waals surface area contributed by atoms with Gasteiger partial charge in [0.25, 0.3) is 0 Å². The number of benzene rings is 2. The molecule has 0 spiro atoms. The molecule has 2 aliphatic rings. The molecule has 4 rings (SSSR count). The van der Waals surface area contributed by atoms with Crippen LogP contribution in [-0.4, -0.2) is 56.6 Å². The Morgan fingerprint density at radius 3 is 2.32 bits per heavy atom. The van der Waals surface area contributed by atoms with Crippen LogP contribution in [0, 0.1) is 11.6 Å². The summed E-state index contributed by atoms with van der Waals surface area (Å²) < 4.78 is 34.2. The lowest BCUT2D eigenvalue weighted by Crippen LogP contribution is -2.47. The molecule has 3 N–H and O–H groups in total. The fourth-order valence-electron chi connectivity index (χ4n) is 3.87.